The summed E-state index contributed by atoms with van der Waals surface area (Å²) in [5.74, 6) is -0.451. The molecule has 0 unspecified atom stereocenters. The Labute approximate surface area is 161 Å². The minimum absolute atomic E-state index is 0.0688. The van der Waals surface area contributed by atoms with Crippen LogP contribution in [-0.4, -0.2) is 48.1 Å². The van der Waals surface area contributed by atoms with Crippen LogP contribution in [0, 0.1) is 11.7 Å². The lowest BCUT2D eigenvalue weighted by atomic mass is 9.93. The van der Waals surface area contributed by atoms with Crippen molar-refractivity contribution in [3.8, 4) is 11.1 Å². The van der Waals surface area contributed by atoms with Gasteiger partial charge in [-0.05, 0) is 24.5 Å². The summed E-state index contributed by atoms with van der Waals surface area (Å²) in [5.41, 5.74) is 6.89. The molecule has 1 fully saturated rings. The maximum absolute atomic E-state index is 15.2. The number of benzene rings is 1. The summed E-state index contributed by atoms with van der Waals surface area (Å²) in [6.07, 6.45) is 2.31. The molecule has 2 aromatic rings. The number of nitrogen functional groups attached to an aromatic ring is 1. The number of pyridine rings is 1. The first-order chi connectivity index (χ1) is 12.8. The lowest BCUT2D eigenvalue weighted by molar-refractivity contribution is 0.0824. The zero-order valence-electron chi connectivity index (χ0n) is 15.0. The fourth-order valence-electron chi connectivity index (χ4n) is 3.98. The second-order valence-corrected chi connectivity index (χ2v) is 7.77. The van der Waals surface area contributed by atoms with Gasteiger partial charge in [-0.3, -0.25) is 4.79 Å². The zero-order chi connectivity index (χ0) is 19.5. The molecule has 0 bridgehead atoms. The molecule has 1 aromatic carbocycles. The number of hydrogen-bond acceptors (Lipinski definition) is 5. The van der Waals surface area contributed by atoms with Gasteiger partial charge in [-0.2, -0.15) is 0 Å². The van der Waals surface area contributed by atoms with Gasteiger partial charge in [-0.1, -0.05) is 11.6 Å². The predicted octanol–water partition coefficient (Wildman–Crippen LogP) is 2.50. The van der Waals surface area contributed by atoms with Gasteiger partial charge in [-0.25, -0.2) is 9.37 Å². The first-order valence-electron chi connectivity index (χ1n) is 8.65. The topological polar surface area (TPSA) is 91.5 Å². The van der Waals surface area contributed by atoms with E-state index in [9.17, 15) is 9.90 Å². The number of hydrogen-bond donors (Lipinski definition) is 3. The summed E-state index contributed by atoms with van der Waals surface area (Å²) in [5, 5.41) is 13.2. The Hall–Kier alpha value is -2.38. The van der Waals surface area contributed by atoms with E-state index in [0.29, 0.717) is 22.9 Å². The van der Waals surface area contributed by atoms with E-state index in [-0.39, 0.29) is 34.8 Å². The number of fused-ring (bicyclic) bond motifs is 2. The van der Waals surface area contributed by atoms with Gasteiger partial charge in [0.15, 0.2) is 0 Å². The quantitative estimate of drug-likeness (QED) is 0.700. The molecule has 0 radical (unpaired) electrons. The number of aromatic nitrogens is 1. The number of carbonyl (C=O) groups excluding carboxylic acids is 1. The standard InChI is InChI=1S/C19H20ClFN4O2/c1-25(2)18(27)13-12(22)4-3-10(16(13)21)11-6-23-17-14(15(11)20)19(8-24-17)5-9(19)7-26/h3-4,6,9,26H,5,7-8,22H2,1-2H3,(H,23,24)/t9-,19-/m0/s1. The zero-order valence-corrected chi connectivity index (χ0v) is 15.8. The third-order valence-corrected chi connectivity index (χ3v) is 6.01. The van der Waals surface area contributed by atoms with Gasteiger partial charge in [0.05, 0.1) is 10.6 Å². The second-order valence-electron chi connectivity index (χ2n) is 7.39. The maximum Gasteiger partial charge on any atom is 0.258 e. The molecule has 4 N–H and O–H groups in total. The Kier molecular flexibility index (Phi) is 4.05. The van der Waals surface area contributed by atoms with Crippen molar-refractivity contribution in [2.45, 2.75) is 11.8 Å². The number of halogens is 2. The molecule has 1 saturated carbocycles. The van der Waals surface area contributed by atoms with Crippen molar-refractivity contribution in [2.75, 3.05) is 38.3 Å². The Balaban J connectivity index is 1.87. The highest BCUT2D eigenvalue weighted by Crippen LogP contribution is 2.61. The number of nitrogens with zero attached hydrogens (tertiary/aromatic N) is 2. The van der Waals surface area contributed by atoms with Crippen molar-refractivity contribution in [3.05, 3.63) is 40.3 Å². The molecule has 1 amide bonds. The largest absolute Gasteiger partial charge is 0.398 e. The average Bonchev–Trinajstić information content (AvgIpc) is 3.21. The first kappa shape index (κ1) is 18.0. The molecule has 1 aromatic heterocycles. The molecule has 8 heteroatoms. The van der Waals surface area contributed by atoms with E-state index in [1.54, 1.807) is 0 Å². The highest BCUT2D eigenvalue weighted by molar-refractivity contribution is 6.34. The number of amides is 1. The van der Waals surface area contributed by atoms with E-state index in [0.717, 1.165) is 12.0 Å². The van der Waals surface area contributed by atoms with Crippen LogP contribution < -0.4 is 11.1 Å². The van der Waals surface area contributed by atoms with Gasteiger partial charge in [0.25, 0.3) is 5.91 Å². The van der Waals surface area contributed by atoms with Crippen molar-refractivity contribution >= 4 is 29.0 Å². The third kappa shape index (κ3) is 2.49. The third-order valence-electron chi connectivity index (χ3n) is 5.62. The molecule has 1 aliphatic heterocycles. The Morgan fingerprint density at radius 2 is 2.22 bits per heavy atom. The van der Waals surface area contributed by atoms with Gasteiger partial charge in [0.1, 0.15) is 11.6 Å². The smallest absolute Gasteiger partial charge is 0.258 e. The Morgan fingerprint density at radius 3 is 2.85 bits per heavy atom. The highest BCUT2D eigenvalue weighted by Gasteiger charge is 2.59. The summed E-state index contributed by atoms with van der Waals surface area (Å²) in [7, 11) is 3.07. The van der Waals surface area contributed by atoms with Gasteiger partial charge >= 0.3 is 0 Å². The number of aliphatic hydroxyl groups excluding tert-OH is 1. The van der Waals surface area contributed by atoms with E-state index in [2.05, 4.69) is 10.3 Å². The van der Waals surface area contributed by atoms with Crippen LogP contribution in [0.4, 0.5) is 15.9 Å². The molecule has 2 heterocycles. The predicted molar refractivity (Wildman–Crippen MR) is 102 cm³/mol. The normalized spacial score (nSPS) is 22.5. The van der Waals surface area contributed by atoms with Gasteiger partial charge in [-0.15, -0.1) is 0 Å². The monoisotopic (exact) mass is 390 g/mol. The highest BCUT2D eigenvalue weighted by atomic mass is 35.5. The fourth-order valence-corrected chi connectivity index (χ4v) is 4.41. The number of rotatable bonds is 3. The molecule has 1 spiro atoms. The van der Waals surface area contributed by atoms with E-state index >= 15 is 4.39 Å². The minimum atomic E-state index is -0.716. The lowest BCUT2D eigenvalue weighted by Gasteiger charge is -2.17. The van der Waals surface area contributed by atoms with Crippen LogP contribution in [0.2, 0.25) is 5.02 Å². The average molecular weight is 391 g/mol. The van der Waals surface area contributed by atoms with Gasteiger partial charge in [0, 0.05) is 61.2 Å². The number of carbonyl (C=O) groups is 1. The van der Waals surface area contributed by atoms with E-state index in [4.69, 9.17) is 17.3 Å². The molecule has 4 rings (SSSR count). The van der Waals surface area contributed by atoms with Crippen molar-refractivity contribution in [1.82, 2.24) is 9.88 Å². The fraction of sp³-hybridized carbons (Fsp3) is 0.368. The van der Waals surface area contributed by atoms with E-state index in [1.807, 2.05) is 0 Å². The Morgan fingerprint density at radius 1 is 1.48 bits per heavy atom. The molecule has 2 aliphatic rings. The lowest BCUT2D eigenvalue weighted by Crippen LogP contribution is -2.24. The van der Waals surface area contributed by atoms with Gasteiger partial charge in [0.2, 0.25) is 0 Å². The van der Waals surface area contributed by atoms with Crippen LogP contribution in [0.5, 0.6) is 0 Å². The van der Waals surface area contributed by atoms with Crippen LogP contribution in [-0.2, 0) is 5.41 Å². The van der Waals surface area contributed by atoms with Gasteiger partial charge < -0.3 is 21.1 Å². The van der Waals surface area contributed by atoms with Crippen LogP contribution in [0.3, 0.4) is 0 Å². The molecule has 6 nitrogen and oxygen atoms in total. The number of nitrogens with two attached hydrogens (primary N) is 1. The second kappa shape index (κ2) is 6.07. The SMILES string of the molecule is CN(C)C(=O)c1c(N)ccc(-c2cnc3c(c2Cl)[C@]2(CN3)C[C@H]2CO)c1F. The molecular formula is C19H20ClFN4O2. The number of nitrogens with one attached hydrogen (secondary N) is 1. The van der Waals surface area contributed by atoms with Crippen molar-refractivity contribution in [3.63, 3.8) is 0 Å². The van der Waals surface area contributed by atoms with Crippen LogP contribution in [0.25, 0.3) is 11.1 Å². The summed E-state index contributed by atoms with van der Waals surface area (Å²) in [6, 6.07) is 3.01. The van der Waals surface area contributed by atoms with Crippen LogP contribution >= 0.6 is 11.6 Å². The summed E-state index contributed by atoms with van der Waals surface area (Å²) < 4.78 is 15.2. The molecule has 27 heavy (non-hydrogen) atoms. The molecule has 1 aliphatic carbocycles. The molecular weight excluding hydrogens is 371 g/mol. The summed E-state index contributed by atoms with van der Waals surface area (Å²) in [4.78, 5) is 18.0. The number of anilines is 2. The molecule has 142 valence electrons. The maximum atomic E-state index is 15.2. The van der Waals surface area contributed by atoms with E-state index < -0.39 is 11.7 Å². The van der Waals surface area contributed by atoms with Crippen molar-refractivity contribution in [2.24, 2.45) is 5.92 Å². The van der Waals surface area contributed by atoms with Crippen LogP contribution in [0.1, 0.15) is 22.3 Å². The minimum Gasteiger partial charge on any atom is -0.398 e. The molecule has 0 saturated heterocycles. The van der Waals surface area contributed by atoms with Crippen molar-refractivity contribution in [1.29, 1.82) is 0 Å². The molecule has 2 atom stereocenters. The van der Waals surface area contributed by atoms with Crippen LogP contribution in [0.15, 0.2) is 18.3 Å². The summed E-state index contributed by atoms with van der Waals surface area (Å²) >= 11 is 6.69. The van der Waals surface area contributed by atoms with Crippen molar-refractivity contribution < 1.29 is 14.3 Å². The first-order valence-corrected chi connectivity index (χ1v) is 9.03. The summed E-state index contributed by atoms with van der Waals surface area (Å²) in [6.45, 7) is 0.720. The number of aliphatic hydroxyl groups is 1. The van der Waals surface area contributed by atoms with E-state index in [1.165, 1.54) is 37.3 Å². The Bertz CT molecular complexity index is 965.